The van der Waals surface area contributed by atoms with E-state index in [-0.39, 0.29) is 17.7 Å². The molecule has 2 N–H and O–H groups in total. The van der Waals surface area contributed by atoms with Crippen molar-refractivity contribution < 1.29 is 22.6 Å². The summed E-state index contributed by atoms with van der Waals surface area (Å²) in [5, 5.41) is 5.72. The predicted molar refractivity (Wildman–Crippen MR) is 127 cm³/mol. The van der Waals surface area contributed by atoms with Crippen molar-refractivity contribution in [2.45, 2.75) is 33.9 Å². The Hall–Kier alpha value is -3.49. The van der Waals surface area contributed by atoms with Crippen LogP contribution in [0.4, 0.5) is 36.3 Å². The van der Waals surface area contributed by atoms with Gasteiger partial charge in [-0.2, -0.15) is 18.2 Å². The summed E-state index contributed by atoms with van der Waals surface area (Å²) >= 11 is 0. The molecule has 1 heterocycles. The molecule has 0 atom stereocenters. The van der Waals surface area contributed by atoms with E-state index in [1.54, 1.807) is 48.5 Å². The molecule has 2 aromatic carbocycles. The lowest BCUT2D eigenvalue weighted by atomic mass is 10.2. The number of nitrogens with zero attached hydrogens (tertiary/aromatic N) is 2. The summed E-state index contributed by atoms with van der Waals surface area (Å²) in [6, 6.07) is 13.8. The van der Waals surface area contributed by atoms with Gasteiger partial charge in [-0.05, 0) is 48.2 Å². The van der Waals surface area contributed by atoms with Crippen molar-refractivity contribution in [2.75, 3.05) is 23.8 Å². The monoisotopic (exact) mass is 474 g/mol. The second kappa shape index (κ2) is 11.1. The molecule has 3 rings (SSSR count). The molecule has 182 valence electrons. The van der Waals surface area contributed by atoms with Gasteiger partial charge >= 0.3 is 6.18 Å². The van der Waals surface area contributed by atoms with Crippen molar-refractivity contribution in [3.05, 3.63) is 60.3 Å². The molecule has 0 amide bonds. The molecular formula is C25H29F3N4O2. The molecule has 0 spiro atoms. The second-order valence-electron chi connectivity index (χ2n) is 8.63. The van der Waals surface area contributed by atoms with Gasteiger partial charge < -0.3 is 20.1 Å². The number of rotatable bonds is 10. The SMILES string of the molecule is CC(C)COc1ccc(Nc2ncc(C(F)(F)F)c(Nc3ccccc3OCC(C)C)n2)cc1. The van der Waals surface area contributed by atoms with Crippen LogP contribution in [0, 0.1) is 11.8 Å². The van der Waals surface area contributed by atoms with Crippen LogP contribution in [0.5, 0.6) is 11.5 Å². The van der Waals surface area contributed by atoms with Gasteiger partial charge in [-0.25, -0.2) is 4.98 Å². The van der Waals surface area contributed by atoms with E-state index in [0.717, 1.165) is 6.20 Å². The first kappa shape index (κ1) is 25.1. The number of anilines is 4. The fourth-order valence-corrected chi connectivity index (χ4v) is 2.85. The lowest BCUT2D eigenvalue weighted by Gasteiger charge is -2.17. The smallest absolute Gasteiger partial charge is 0.421 e. The lowest BCUT2D eigenvalue weighted by molar-refractivity contribution is -0.137. The average Bonchev–Trinajstić information content (AvgIpc) is 2.77. The molecule has 0 aliphatic rings. The Kier molecular flexibility index (Phi) is 8.20. The fourth-order valence-electron chi connectivity index (χ4n) is 2.85. The highest BCUT2D eigenvalue weighted by Crippen LogP contribution is 2.37. The van der Waals surface area contributed by atoms with E-state index in [2.05, 4.69) is 34.4 Å². The highest BCUT2D eigenvalue weighted by molar-refractivity contribution is 5.67. The van der Waals surface area contributed by atoms with Crippen LogP contribution in [-0.4, -0.2) is 23.2 Å². The van der Waals surface area contributed by atoms with Crippen LogP contribution in [0.15, 0.2) is 54.7 Å². The predicted octanol–water partition coefficient (Wildman–Crippen LogP) is 7.05. The normalized spacial score (nSPS) is 11.6. The van der Waals surface area contributed by atoms with Crippen molar-refractivity contribution in [1.82, 2.24) is 9.97 Å². The Morgan fingerprint density at radius 3 is 2.15 bits per heavy atom. The summed E-state index contributed by atoms with van der Waals surface area (Å²) < 4.78 is 52.4. The first-order chi connectivity index (χ1) is 16.1. The van der Waals surface area contributed by atoms with Gasteiger partial charge in [0.05, 0.1) is 18.9 Å². The van der Waals surface area contributed by atoms with Crippen molar-refractivity contribution in [3.8, 4) is 11.5 Å². The van der Waals surface area contributed by atoms with E-state index in [1.165, 1.54) is 0 Å². The third-order valence-electron chi connectivity index (χ3n) is 4.50. The number of hydrogen-bond donors (Lipinski definition) is 2. The number of para-hydroxylation sites is 2. The highest BCUT2D eigenvalue weighted by atomic mass is 19.4. The molecule has 0 saturated heterocycles. The van der Waals surface area contributed by atoms with E-state index >= 15 is 0 Å². The van der Waals surface area contributed by atoms with Crippen molar-refractivity contribution in [1.29, 1.82) is 0 Å². The van der Waals surface area contributed by atoms with Gasteiger partial charge in [0.1, 0.15) is 22.9 Å². The molecule has 0 bridgehead atoms. The third kappa shape index (κ3) is 7.26. The minimum atomic E-state index is -4.63. The Balaban J connectivity index is 1.84. The van der Waals surface area contributed by atoms with E-state index in [9.17, 15) is 13.2 Å². The van der Waals surface area contributed by atoms with Gasteiger partial charge in [-0.3, -0.25) is 0 Å². The molecule has 1 aromatic heterocycles. The average molecular weight is 475 g/mol. The summed E-state index contributed by atoms with van der Waals surface area (Å²) in [5.41, 5.74) is 0.0161. The van der Waals surface area contributed by atoms with Gasteiger partial charge in [0, 0.05) is 11.9 Å². The fraction of sp³-hybridized carbons (Fsp3) is 0.360. The van der Waals surface area contributed by atoms with Crippen molar-refractivity contribution in [2.24, 2.45) is 11.8 Å². The minimum Gasteiger partial charge on any atom is -0.493 e. The zero-order valence-corrected chi connectivity index (χ0v) is 19.6. The van der Waals surface area contributed by atoms with Crippen LogP contribution in [0.1, 0.15) is 33.3 Å². The molecule has 0 aliphatic carbocycles. The largest absolute Gasteiger partial charge is 0.493 e. The molecule has 0 unspecified atom stereocenters. The molecule has 6 nitrogen and oxygen atoms in total. The first-order valence-electron chi connectivity index (χ1n) is 11.0. The number of aromatic nitrogens is 2. The van der Waals surface area contributed by atoms with E-state index < -0.39 is 11.7 Å². The van der Waals surface area contributed by atoms with Gasteiger partial charge in [0.25, 0.3) is 0 Å². The summed E-state index contributed by atoms with van der Waals surface area (Å²) in [6.07, 6.45) is -3.88. The maximum Gasteiger partial charge on any atom is 0.421 e. The third-order valence-corrected chi connectivity index (χ3v) is 4.50. The van der Waals surface area contributed by atoms with E-state index in [4.69, 9.17) is 9.47 Å². The molecule has 34 heavy (non-hydrogen) atoms. The molecule has 3 aromatic rings. The van der Waals surface area contributed by atoms with E-state index in [1.807, 2.05) is 13.8 Å². The Labute approximate surface area is 197 Å². The van der Waals surface area contributed by atoms with Crippen LogP contribution in [0.25, 0.3) is 0 Å². The number of benzene rings is 2. The van der Waals surface area contributed by atoms with Gasteiger partial charge in [0.15, 0.2) is 0 Å². The molecule has 9 heteroatoms. The van der Waals surface area contributed by atoms with Gasteiger partial charge in [-0.15, -0.1) is 0 Å². The first-order valence-corrected chi connectivity index (χ1v) is 11.0. The van der Waals surface area contributed by atoms with Crippen LogP contribution >= 0.6 is 0 Å². The zero-order chi connectivity index (χ0) is 24.7. The number of halogens is 3. The van der Waals surface area contributed by atoms with Crippen LogP contribution < -0.4 is 20.1 Å². The summed E-state index contributed by atoms with van der Waals surface area (Å²) in [5.74, 6) is 1.44. The summed E-state index contributed by atoms with van der Waals surface area (Å²) in [6.45, 7) is 9.10. The summed E-state index contributed by atoms with van der Waals surface area (Å²) in [7, 11) is 0. The van der Waals surface area contributed by atoms with Crippen LogP contribution in [-0.2, 0) is 6.18 Å². The van der Waals surface area contributed by atoms with E-state index in [0.29, 0.717) is 42.0 Å². The number of nitrogens with one attached hydrogen (secondary N) is 2. The maximum absolute atomic E-state index is 13.7. The van der Waals surface area contributed by atoms with Crippen molar-refractivity contribution in [3.63, 3.8) is 0 Å². The lowest BCUT2D eigenvalue weighted by Crippen LogP contribution is -2.13. The van der Waals surface area contributed by atoms with Crippen LogP contribution in [0.2, 0.25) is 0 Å². The number of alkyl halides is 3. The topological polar surface area (TPSA) is 68.3 Å². The number of hydrogen-bond acceptors (Lipinski definition) is 6. The maximum atomic E-state index is 13.7. The molecule has 0 saturated carbocycles. The second-order valence-corrected chi connectivity index (χ2v) is 8.63. The van der Waals surface area contributed by atoms with Crippen LogP contribution in [0.3, 0.4) is 0 Å². The van der Waals surface area contributed by atoms with Gasteiger partial charge in [0.2, 0.25) is 5.95 Å². The molecule has 0 aliphatic heterocycles. The quantitative estimate of drug-likeness (QED) is 0.328. The van der Waals surface area contributed by atoms with Crippen molar-refractivity contribution >= 4 is 23.1 Å². The Morgan fingerprint density at radius 2 is 1.50 bits per heavy atom. The summed E-state index contributed by atoms with van der Waals surface area (Å²) in [4.78, 5) is 7.97. The highest BCUT2D eigenvalue weighted by Gasteiger charge is 2.35. The minimum absolute atomic E-state index is 0.0203. The Bertz CT molecular complexity index is 1070. The zero-order valence-electron chi connectivity index (χ0n) is 19.6. The number of ether oxygens (including phenoxy) is 2. The van der Waals surface area contributed by atoms with Gasteiger partial charge in [-0.1, -0.05) is 39.8 Å². The Morgan fingerprint density at radius 1 is 0.853 bits per heavy atom. The molecular weight excluding hydrogens is 445 g/mol. The molecule has 0 radical (unpaired) electrons. The standard InChI is InChI=1S/C25H29F3N4O2/c1-16(2)14-33-19-11-9-18(10-12-19)30-24-29-13-20(25(26,27)28)23(32-24)31-21-7-5-6-8-22(21)34-15-17(3)4/h5-13,16-17H,14-15H2,1-4H3,(H2,29,30,31,32). The molecule has 0 fully saturated rings.